The lowest BCUT2D eigenvalue weighted by atomic mass is 10.1. The number of halogens is 2. The minimum atomic E-state index is -2.69. The minimum absolute atomic E-state index is 0.0306. The molecule has 2 amide bonds. The molecule has 0 saturated carbocycles. The van der Waals surface area contributed by atoms with E-state index in [9.17, 15) is 14.4 Å². The van der Waals surface area contributed by atoms with E-state index in [2.05, 4.69) is 26.6 Å². The number of carbonyl (C=O) groups is 3. The molecule has 3 N–H and O–H groups in total. The van der Waals surface area contributed by atoms with Gasteiger partial charge in [-0.2, -0.15) is 4.39 Å². The average molecular weight is 570 g/mol. The van der Waals surface area contributed by atoms with Crippen molar-refractivity contribution in [2.24, 2.45) is 0 Å². The molecule has 3 aromatic rings. The number of hydrogen-bond acceptors (Lipinski definition) is 5. The van der Waals surface area contributed by atoms with Crippen molar-refractivity contribution in [1.29, 1.82) is 0 Å². The van der Waals surface area contributed by atoms with Crippen LogP contribution in [0.1, 0.15) is 28.8 Å². The number of rotatable bonds is 9. The predicted molar refractivity (Wildman–Crippen MR) is 141 cm³/mol. The zero-order valence-electron chi connectivity index (χ0n) is 19.7. The number of ether oxygens (including phenoxy) is 1. The fraction of sp³-hybridized carbons (Fsp3) is 0.222. The SMILES string of the molecule is O=C(Nc1ccc(CC(=O)C(F)(Oc2ccc(C(=O)O)cc2)N2CCCC2)cc1)Nc1ccccc1Br. The number of anilines is 2. The Hall–Kier alpha value is -3.76. The van der Waals surface area contributed by atoms with Crippen LogP contribution in [0.2, 0.25) is 0 Å². The highest BCUT2D eigenvalue weighted by atomic mass is 79.9. The fourth-order valence-corrected chi connectivity index (χ4v) is 4.36. The molecule has 37 heavy (non-hydrogen) atoms. The van der Waals surface area contributed by atoms with E-state index in [4.69, 9.17) is 9.84 Å². The number of likely N-dealkylation sites (tertiary alicyclic amines) is 1. The molecule has 1 saturated heterocycles. The van der Waals surface area contributed by atoms with Gasteiger partial charge in [-0.15, -0.1) is 0 Å². The Morgan fingerprint density at radius 1 is 0.946 bits per heavy atom. The molecule has 0 radical (unpaired) electrons. The van der Waals surface area contributed by atoms with Gasteiger partial charge >= 0.3 is 18.0 Å². The Morgan fingerprint density at radius 3 is 2.22 bits per heavy atom. The number of carboxylic acids is 1. The largest absolute Gasteiger partial charge is 0.478 e. The van der Waals surface area contributed by atoms with E-state index in [1.165, 1.54) is 29.2 Å². The van der Waals surface area contributed by atoms with Gasteiger partial charge in [0.05, 0.1) is 11.3 Å². The molecule has 1 aliphatic heterocycles. The summed E-state index contributed by atoms with van der Waals surface area (Å²) in [6.07, 6.45) is 1.24. The van der Waals surface area contributed by atoms with Crippen LogP contribution in [0.15, 0.2) is 77.3 Å². The fourth-order valence-electron chi connectivity index (χ4n) is 3.97. The first-order valence-corrected chi connectivity index (χ1v) is 12.4. The maximum Gasteiger partial charge on any atom is 0.371 e. The molecule has 10 heteroatoms. The standard InChI is InChI=1S/C27H25BrFN3O5/c28-22-5-1-2-6-23(22)31-26(36)30-20-11-7-18(8-12-20)17-24(33)27(29,32-15-3-4-16-32)37-21-13-9-19(10-14-21)25(34)35/h1-2,5-14H,3-4,15-17H2,(H,34,35)(H2,30,31,36). The van der Waals surface area contributed by atoms with Crippen molar-refractivity contribution in [3.63, 3.8) is 0 Å². The summed E-state index contributed by atoms with van der Waals surface area (Å²) in [6.45, 7) is 0.732. The van der Waals surface area contributed by atoms with Gasteiger partial charge in [0.2, 0.25) is 5.78 Å². The summed E-state index contributed by atoms with van der Waals surface area (Å²) in [5, 5.41) is 14.5. The number of carboxylic acid groups (broad SMARTS) is 1. The molecular formula is C27H25BrFN3O5. The molecule has 1 heterocycles. The third-order valence-corrected chi connectivity index (χ3v) is 6.60. The molecule has 0 bridgehead atoms. The number of benzene rings is 3. The molecule has 0 aliphatic carbocycles. The molecule has 3 aromatic carbocycles. The van der Waals surface area contributed by atoms with E-state index in [1.54, 1.807) is 36.4 Å². The first-order valence-electron chi connectivity index (χ1n) is 11.7. The van der Waals surface area contributed by atoms with Gasteiger partial charge in [0, 0.05) is 29.7 Å². The van der Waals surface area contributed by atoms with Crippen LogP contribution < -0.4 is 15.4 Å². The molecule has 1 atom stereocenters. The summed E-state index contributed by atoms with van der Waals surface area (Å²) in [7, 11) is 0. The minimum Gasteiger partial charge on any atom is -0.478 e. The second kappa shape index (κ2) is 11.5. The zero-order valence-corrected chi connectivity index (χ0v) is 21.3. The van der Waals surface area contributed by atoms with E-state index >= 15 is 4.39 Å². The third-order valence-electron chi connectivity index (χ3n) is 5.91. The first-order chi connectivity index (χ1) is 17.7. The van der Waals surface area contributed by atoms with Crippen LogP contribution in [0, 0.1) is 0 Å². The van der Waals surface area contributed by atoms with Crippen LogP contribution in [0.5, 0.6) is 5.75 Å². The Kier molecular flexibility index (Phi) is 8.20. The number of alkyl halides is 1. The van der Waals surface area contributed by atoms with Crippen LogP contribution in [-0.2, 0) is 11.2 Å². The van der Waals surface area contributed by atoms with Crippen LogP contribution in [0.3, 0.4) is 0 Å². The highest BCUT2D eigenvalue weighted by molar-refractivity contribution is 9.10. The van der Waals surface area contributed by atoms with Crippen molar-refractivity contribution in [1.82, 2.24) is 4.90 Å². The number of ketones is 1. The first kappa shape index (κ1) is 26.3. The van der Waals surface area contributed by atoms with E-state index in [0.717, 1.165) is 17.3 Å². The monoisotopic (exact) mass is 569 g/mol. The number of aromatic carboxylic acids is 1. The average Bonchev–Trinajstić information content (AvgIpc) is 3.43. The molecule has 1 fully saturated rings. The van der Waals surface area contributed by atoms with Gasteiger partial charge in [0.15, 0.2) is 0 Å². The number of para-hydroxylation sites is 1. The van der Waals surface area contributed by atoms with E-state index in [-0.39, 0.29) is 17.7 Å². The molecule has 0 aromatic heterocycles. The third kappa shape index (κ3) is 6.52. The number of amides is 2. The van der Waals surface area contributed by atoms with Crippen molar-refractivity contribution < 1.29 is 28.6 Å². The number of hydrogen-bond donors (Lipinski definition) is 3. The van der Waals surface area contributed by atoms with Crippen molar-refractivity contribution >= 4 is 45.1 Å². The van der Waals surface area contributed by atoms with Crippen LogP contribution in [0.25, 0.3) is 0 Å². The lowest BCUT2D eigenvalue weighted by Crippen LogP contribution is -2.55. The molecule has 1 unspecified atom stereocenters. The van der Waals surface area contributed by atoms with Crippen molar-refractivity contribution in [2.75, 3.05) is 23.7 Å². The summed E-state index contributed by atoms with van der Waals surface area (Å²) >= 11 is 3.37. The molecular weight excluding hydrogens is 545 g/mol. The number of urea groups is 1. The van der Waals surface area contributed by atoms with E-state index in [1.807, 2.05) is 12.1 Å². The quantitative estimate of drug-likeness (QED) is 0.285. The Balaban J connectivity index is 1.42. The van der Waals surface area contributed by atoms with Crippen LogP contribution in [-0.4, -0.2) is 46.9 Å². The number of Topliss-reactive ketones (excluding diaryl/α,β-unsaturated/α-hetero) is 1. The van der Waals surface area contributed by atoms with Gasteiger partial charge in [0.25, 0.3) is 0 Å². The molecule has 8 nitrogen and oxygen atoms in total. The smallest absolute Gasteiger partial charge is 0.371 e. The predicted octanol–water partition coefficient (Wildman–Crippen LogP) is 5.70. The highest BCUT2D eigenvalue weighted by Gasteiger charge is 2.48. The maximum atomic E-state index is 16.2. The summed E-state index contributed by atoms with van der Waals surface area (Å²) in [4.78, 5) is 37.9. The van der Waals surface area contributed by atoms with Crippen LogP contribution in [0.4, 0.5) is 20.6 Å². The summed E-state index contributed by atoms with van der Waals surface area (Å²) in [5.74, 6) is -4.52. The lowest BCUT2D eigenvalue weighted by Gasteiger charge is -2.33. The number of carbonyl (C=O) groups excluding carboxylic acids is 2. The summed E-state index contributed by atoms with van der Waals surface area (Å²) in [5.41, 5.74) is 1.69. The molecule has 192 valence electrons. The zero-order chi connectivity index (χ0) is 26.4. The summed E-state index contributed by atoms with van der Waals surface area (Å²) < 4.78 is 22.5. The Morgan fingerprint density at radius 2 is 1.59 bits per heavy atom. The number of nitrogens with one attached hydrogen (secondary N) is 2. The normalized spacial score (nSPS) is 15.0. The lowest BCUT2D eigenvalue weighted by molar-refractivity contribution is -0.191. The van der Waals surface area contributed by atoms with E-state index < -0.39 is 23.8 Å². The van der Waals surface area contributed by atoms with Gasteiger partial charge in [-0.3, -0.25) is 4.79 Å². The maximum absolute atomic E-state index is 16.2. The Bertz CT molecular complexity index is 1280. The van der Waals surface area contributed by atoms with Gasteiger partial charge in [-0.25, -0.2) is 14.5 Å². The summed E-state index contributed by atoms with van der Waals surface area (Å²) in [6, 6.07) is 18.6. The second-order valence-corrected chi connectivity index (χ2v) is 9.40. The molecule has 1 aliphatic rings. The van der Waals surface area contributed by atoms with Crippen LogP contribution >= 0.6 is 15.9 Å². The molecule has 4 rings (SSSR count). The van der Waals surface area contributed by atoms with Crippen molar-refractivity contribution in [3.05, 3.63) is 88.4 Å². The van der Waals surface area contributed by atoms with Gasteiger partial charge < -0.3 is 20.5 Å². The van der Waals surface area contributed by atoms with Gasteiger partial charge in [-0.1, -0.05) is 24.3 Å². The molecule has 0 spiro atoms. The van der Waals surface area contributed by atoms with Crippen molar-refractivity contribution in [2.45, 2.75) is 25.2 Å². The topological polar surface area (TPSA) is 108 Å². The van der Waals surface area contributed by atoms with Crippen molar-refractivity contribution in [3.8, 4) is 5.75 Å². The van der Waals surface area contributed by atoms with E-state index in [0.29, 0.717) is 30.0 Å². The van der Waals surface area contributed by atoms with Gasteiger partial charge in [0.1, 0.15) is 5.75 Å². The van der Waals surface area contributed by atoms with Gasteiger partial charge in [-0.05, 0) is 82.9 Å². The second-order valence-electron chi connectivity index (χ2n) is 8.54. The Labute approximate surface area is 221 Å². The number of nitrogens with zero attached hydrogens (tertiary/aromatic N) is 1. The highest BCUT2D eigenvalue weighted by Crippen LogP contribution is 2.30.